The first-order chi connectivity index (χ1) is 12.1. The number of guanidine groups is 1. The molecule has 0 fully saturated rings. The predicted molar refractivity (Wildman–Crippen MR) is 98.1 cm³/mol. The van der Waals surface area contributed by atoms with Crippen molar-refractivity contribution in [2.45, 2.75) is 13.0 Å². The second-order valence-electron chi connectivity index (χ2n) is 5.47. The molecule has 0 radical (unpaired) electrons. The van der Waals surface area contributed by atoms with Gasteiger partial charge >= 0.3 is 0 Å². The Balaban J connectivity index is 1.84. The van der Waals surface area contributed by atoms with Crippen molar-refractivity contribution in [3.05, 3.63) is 71.0 Å². The van der Waals surface area contributed by atoms with Crippen LogP contribution in [0.1, 0.15) is 21.5 Å². The number of amides is 1. The summed E-state index contributed by atoms with van der Waals surface area (Å²) in [7, 11) is 3.29. The molecule has 1 amide bonds. The van der Waals surface area contributed by atoms with Crippen LogP contribution in [-0.2, 0) is 13.0 Å². The molecule has 0 unspecified atom stereocenters. The Hall–Kier alpha value is -2.89. The maximum atomic E-state index is 13.6. The SMILES string of the molecule is CN=C(NCCc1ccccc1F)NCc1cccc(C(=O)NC)c1. The minimum atomic E-state index is -0.196. The second-order valence-corrected chi connectivity index (χ2v) is 5.47. The van der Waals surface area contributed by atoms with Crippen molar-refractivity contribution in [1.29, 1.82) is 0 Å². The lowest BCUT2D eigenvalue weighted by atomic mass is 10.1. The van der Waals surface area contributed by atoms with Crippen LogP contribution >= 0.6 is 0 Å². The molecule has 0 aliphatic carbocycles. The van der Waals surface area contributed by atoms with Crippen LogP contribution in [0.15, 0.2) is 53.5 Å². The van der Waals surface area contributed by atoms with E-state index in [0.717, 1.165) is 5.56 Å². The summed E-state index contributed by atoms with van der Waals surface area (Å²) in [4.78, 5) is 15.8. The topological polar surface area (TPSA) is 65.5 Å². The summed E-state index contributed by atoms with van der Waals surface area (Å²) in [6.45, 7) is 1.10. The Morgan fingerprint density at radius 3 is 2.64 bits per heavy atom. The van der Waals surface area contributed by atoms with Gasteiger partial charge in [-0.3, -0.25) is 9.79 Å². The van der Waals surface area contributed by atoms with Crippen LogP contribution in [0.5, 0.6) is 0 Å². The molecule has 0 heterocycles. The second kappa shape index (κ2) is 9.42. The number of aliphatic imine (C=N–C) groups is 1. The van der Waals surface area contributed by atoms with E-state index in [0.29, 0.717) is 36.6 Å². The highest BCUT2D eigenvalue weighted by atomic mass is 19.1. The number of carbonyl (C=O) groups is 1. The normalized spacial score (nSPS) is 11.1. The van der Waals surface area contributed by atoms with Crippen LogP contribution in [0.4, 0.5) is 4.39 Å². The van der Waals surface area contributed by atoms with Crippen molar-refractivity contribution in [1.82, 2.24) is 16.0 Å². The van der Waals surface area contributed by atoms with Gasteiger partial charge in [-0.1, -0.05) is 30.3 Å². The maximum Gasteiger partial charge on any atom is 0.251 e. The van der Waals surface area contributed by atoms with Crippen LogP contribution in [0.25, 0.3) is 0 Å². The summed E-state index contributed by atoms with van der Waals surface area (Å²) in [5, 5.41) is 8.95. The highest BCUT2D eigenvalue weighted by Gasteiger charge is 2.05. The molecule has 0 saturated heterocycles. The lowest BCUT2D eigenvalue weighted by Gasteiger charge is -2.12. The van der Waals surface area contributed by atoms with Gasteiger partial charge in [0.15, 0.2) is 5.96 Å². The molecular weight excluding hydrogens is 319 g/mol. The summed E-state index contributed by atoms with van der Waals surface area (Å²) >= 11 is 0. The maximum absolute atomic E-state index is 13.6. The summed E-state index contributed by atoms with van der Waals surface area (Å²) in [6.07, 6.45) is 0.569. The van der Waals surface area contributed by atoms with Crippen molar-refractivity contribution in [3.8, 4) is 0 Å². The van der Waals surface area contributed by atoms with Crippen molar-refractivity contribution in [2.24, 2.45) is 4.99 Å². The van der Waals surface area contributed by atoms with E-state index in [1.165, 1.54) is 6.07 Å². The van der Waals surface area contributed by atoms with Crippen molar-refractivity contribution >= 4 is 11.9 Å². The van der Waals surface area contributed by atoms with E-state index >= 15 is 0 Å². The number of hydrogen-bond acceptors (Lipinski definition) is 2. The molecule has 25 heavy (non-hydrogen) atoms. The van der Waals surface area contributed by atoms with Crippen molar-refractivity contribution in [3.63, 3.8) is 0 Å². The monoisotopic (exact) mass is 342 g/mol. The third-order valence-corrected chi connectivity index (χ3v) is 3.74. The molecule has 2 aromatic carbocycles. The molecule has 5 nitrogen and oxygen atoms in total. The Bertz CT molecular complexity index is 746. The van der Waals surface area contributed by atoms with Gasteiger partial charge in [-0.25, -0.2) is 4.39 Å². The quantitative estimate of drug-likeness (QED) is 0.556. The summed E-state index contributed by atoms with van der Waals surface area (Å²) in [5.74, 6) is 0.314. The molecule has 0 bridgehead atoms. The van der Waals surface area contributed by atoms with E-state index in [1.54, 1.807) is 32.3 Å². The van der Waals surface area contributed by atoms with E-state index in [1.807, 2.05) is 24.3 Å². The van der Waals surface area contributed by atoms with Crippen molar-refractivity contribution in [2.75, 3.05) is 20.6 Å². The van der Waals surface area contributed by atoms with Gasteiger partial charge in [-0.15, -0.1) is 0 Å². The van der Waals surface area contributed by atoms with Gasteiger partial charge < -0.3 is 16.0 Å². The summed E-state index contributed by atoms with van der Waals surface area (Å²) in [5.41, 5.74) is 2.26. The number of rotatable bonds is 6. The number of benzene rings is 2. The van der Waals surface area contributed by atoms with Crippen molar-refractivity contribution < 1.29 is 9.18 Å². The van der Waals surface area contributed by atoms with E-state index in [9.17, 15) is 9.18 Å². The number of carbonyl (C=O) groups excluding carboxylic acids is 1. The fraction of sp³-hybridized carbons (Fsp3) is 0.263. The average molecular weight is 342 g/mol. The fourth-order valence-corrected chi connectivity index (χ4v) is 2.39. The lowest BCUT2D eigenvalue weighted by Crippen LogP contribution is -2.38. The molecule has 0 spiro atoms. The lowest BCUT2D eigenvalue weighted by molar-refractivity contribution is 0.0963. The third kappa shape index (κ3) is 5.60. The molecule has 132 valence electrons. The average Bonchev–Trinajstić information content (AvgIpc) is 2.65. The number of nitrogens with zero attached hydrogens (tertiary/aromatic N) is 1. The zero-order chi connectivity index (χ0) is 18.1. The molecule has 6 heteroatoms. The first-order valence-electron chi connectivity index (χ1n) is 8.13. The van der Waals surface area contributed by atoms with Crippen LogP contribution in [0.2, 0.25) is 0 Å². The summed E-state index contributed by atoms with van der Waals surface area (Å²) in [6, 6.07) is 14.1. The highest BCUT2D eigenvalue weighted by Crippen LogP contribution is 2.06. The molecule has 2 rings (SSSR count). The van der Waals surface area contributed by atoms with Gasteiger partial charge in [-0.2, -0.15) is 0 Å². The highest BCUT2D eigenvalue weighted by molar-refractivity contribution is 5.94. The molecule has 0 aliphatic heterocycles. The standard InChI is InChI=1S/C19H23FN4O/c1-21-18(25)16-8-5-6-14(12-16)13-24-19(22-2)23-11-10-15-7-3-4-9-17(15)20/h3-9,12H,10-11,13H2,1-2H3,(H,21,25)(H2,22,23,24). The van der Waals surface area contributed by atoms with E-state index in [2.05, 4.69) is 20.9 Å². The largest absolute Gasteiger partial charge is 0.356 e. The Morgan fingerprint density at radius 2 is 1.92 bits per heavy atom. The van der Waals surface area contributed by atoms with Gasteiger partial charge in [-0.05, 0) is 35.7 Å². The van der Waals surface area contributed by atoms with Gasteiger partial charge in [0.05, 0.1) is 0 Å². The zero-order valence-corrected chi connectivity index (χ0v) is 14.5. The zero-order valence-electron chi connectivity index (χ0n) is 14.5. The Labute approximate surface area is 147 Å². The molecule has 0 aliphatic rings. The number of halogens is 1. The molecule has 0 saturated carbocycles. The first-order valence-corrected chi connectivity index (χ1v) is 8.13. The van der Waals surface area contributed by atoms with Gasteiger partial charge in [0, 0.05) is 32.7 Å². The third-order valence-electron chi connectivity index (χ3n) is 3.74. The Kier molecular flexibility index (Phi) is 6.95. The smallest absolute Gasteiger partial charge is 0.251 e. The van der Waals surface area contributed by atoms with E-state index in [-0.39, 0.29) is 11.7 Å². The van der Waals surface area contributed by atoms with Gasteiger partial charge in [0.2, 0.25) is 0 Å². The minimum absolute atomic E-state index is 0.116. The number of hydrogen-bond donors (Lipinski definition) is 3. The van der Waals surface area contributed by atoms with Gasteiger partial charge in [0.1, 0.15) is 5.82 Å². The predicted octanol–water partition coefficient (Wildman–Crippen LogP) is 2.09. The van der Waals surface area contributed by atoms with Crippen LogP contribution in [0.3, 0.4) is 0 Å². The molecule has 0 atom stereocenters. The van der Waals surface area contributed by atoms with E-state index < -0.39 is 0 Å². The first kappa shape index (κ1) is 18.4. The Morgan fingerprint density at radius 1 is 1.12 bits per heavy atom. The van der Waals surface area contributed by atoms with Crippen LogP contribution in [0, 0.1) is 5.82 Å². The molecule has 3 N–H and O–H groups in total. The molecule has 0 aromatic heterocycles. The van der Waals surface area contributed by atoms with Gasteiger partial charge in [0.25, 0.3) is 5.91 Å². The molecular formula is C19H23FN4O. The number of nitrogens with one attached hydrogen (secondary N) is 3. The summed E-state index contributed by atoms with van der Waals surface area (Å²) < 4.78 is 13.6. The fourth-order valence-electron chi connectivity index (χ4n) is 2.39. The van der Waals surface area contributed by atoms with Crippen LogP contribution in [-0.4, -0.2) is 32.5 Å². The molecule has 2 aromatic rings. The minimum Gasteiger partial charge on any atom is -0.356 e. The van der Waals surface area contributed by atoms with E-state index in [4.69, 9.17) is 0 Å². The van der Waals surface area contributed by atoms with Crippen LogP contribution < -0.4 is 16.0 Å².